The molecule has 0 saturated carbocycles. The van der Waals surface area contributed by atoms with Gasteiger partial charge in [0.25, 0.3) is 5.56 Å². The van der Waals surface area contributed by atoms with Crippen LogP contribution in [0.25, 0.3) is 0 Å². The molecular weight excluding hydrogens is 382 g/mol. The van der Waals surface area contributed by atoms with Crippen LogP contribution >= 0.6 is 11.8 Å². The maximum absolute atomic E-state index is 13.0. The van der Waals surface area contributed by atoms with Crippen molar-refractivity contribution < 1.29 is 4.79 Å². The van der Waals surface area contributed by atoms with Crippen molar-refractivity contribution in [3.63, 3.8) is 0 Å². The second-order valence-corrected chi connectivity index (χ2v) is 8.40. The molecule has 3 aromatic rings. The quantitative estimate of drug-likeness (QED) is 0.523. The van der Waals surface area contributed by atoms with Crippen molar-refractivity contribution in [3.05, 3.63) is 86.7 Å². The first kappa shape index (κ1) is 19.5. The van der Waals surface area contributed by atoms with Crippen molar-refractivity contribution in [1.82, 2.24) is 9.55 Å². The minimum Gasteiger partial charge on any atom is -0.312 e. The Hall–Kier alpha value is -2.86. The Morgan fingerprint density at radius 2 is 1.90 bits per heavy atom. The van der Waals surface area contributed by atoms with Gasteiger partial charge in [0.1, 0.15) is 5.82 Å². The first-order valence-corrected chi connectivity index (χ1v) is 10.6. The number of benzene rings is 2. The molecule has 2 heterocycles. The molecule has 0 saturated heterocycles. The molecule has 1 N–H and O–H groups in total. The van der Waals surface area contributed by atoms with Gasteiger partial charge in [-0.25, -0.2) is 0 Å². The number of nitrogens with one attached hydrogen (secondary N) is 1. The highest BCUT2D eigenvalue weighted by atomic mass is 32.2. The molecule has 4 rings (SSSR count). The summed E-state index contributed by atoms with van der Waals surface area (Å²) in [6.45, 7) is 4.04. The zero-order valence-electron chi connectivity index (χ0n) is 16.7. The zero-order chi connectivity index (χ0) is 20.5. The van der Waals surface area contributed by atoms with Gasteiger partial charge in [0, 0.05) is 25.1 Å². The van der Waals surface area contributed by atoms with Gasteiger partial charge in [-0.1, -0.05) is 65.9 Å². The third-order valence-electron chi connectivity index (χ3n) is 5.32. The van der Waals surface area contributed by atoms with Crippen LogP contribution in [-0.4, -0.2) is 15.5 Å². The zero-order valence-corrected chi connectivity index (χ0v) is 17.5. The molecule has 2 aromatic carbocycles. The van der Waals surface area contributed by atoms with Crippen LogP contribution in [0.3, 0.4) is 0 Å². The fraction of sp³-hybridized carbons (Fsp3) is 0.261. The highest BCUT2D eigenvalue weighted by molar-refractivity contribution is 7.98. The van der Waals surface area contributed by atoms with Gasteiger partial charge in [0.15, 0.2) is 5.16 Å². The van der Waals surface area contributed by atoms with Crippen LogP contribution in [0.4, 0.5) is 5.82 Å². The number of thioether (sulfide) groups is 1. The lowest BCUT2D eigenvalue weighted by molar-refractivity contribution is -0.116. The Morgan fingerprint density at radius 3 is 2.66 bits per heavy atom. The van der Waals surface area contributed by atoms with Crippen molar-refractivity contribution in [2.45, 2.75) is 37.1 Å². The number of aromatic nitrogens is 2. The summed E-state index contributed by atoms with van der Waals surface area (Å²) in [4.78, 5) is 29.9. The minimum atomic E-state index is -0.280. The predicted octanol–water partition coefficient (Wildman–Crippen LogP) is 4.16. The SMILES string of the molecule is Cc1ccc(C)c([C@@H]2CC(=O)Nc3c2c(=O)nc(SCc2ccccc2)n3C)c1. The van der Waals surface area contributed by atoms with E-state index in [2.05, 4.69) is 16.4 Å². The van der Waals surface area contributed by atoms with Crippen LogP contribution in [-0.2, 0) is 17.6 Å². The number of hydrogen-bond acceptors (Lipinski definition) is 4. The summed E-state index contributed by atoms with van der Waals surface area (Å²) in [5.41, 5.74) is 4.67. The summed E-state index contributed by atoms with van der Waals surface area (Å²) in [6.07, 6.45) is 0.255. The first-order valence-electron chi connectivity index (χ1n) is 9.58. The Kier molecular flexibility index (Phi) is 5.28. The number of carbonyl (C=O) groups excluding carboxylic acids is 1. The average Bonchev–Trinajstić information content (AvgIpc) is 2.71. The number of anilines is 1. The molecule has 6 heteroatoms. The number of nitrogens with zero attached hydrogens (tertiary/aromatic N) is 2. The highest BCUT2D eigenvalue weighted by Gasteiger charge is 2.32. The lowest BCUT2D eigenvalue weighted by Gasteiger charge is -2.28. The van der Waals surface area contributed by atoms with E-state index in [1.165, 1.54) is 11.8 Å². The van der Waals surface area contributed by atoms with E-state index in [9.17, 15) is 9.59 Å². The molecule has 0 radical (unpaired) electrons. The normalized spacial score (nSPS) is 15.7. The fourth-order valence-electron chi connectivity index (χ4n) is 3.79. The molecule has 1 atom stereocenters. The van der Waals surface area contributed by atoms with Gasteiger partial charge in [0.2, 0.25) is 5.91 Å². The summed E-state index contributed by atoms with van der Waals surface area (Å²) in [6, 6.07) is 16.2. The van der Waals surface area contributed by atoms with Crippen LogP contribution in [0, 0.1) is 13.8 Å². The molecule has 0 bridgehead atoms. The van der Waals surface area contributed by atoms with Crippen LogP contribution in [0.5, 0.6) is 0 Å². The van der Waals surface area contributed by atoms with Crippen LogP contribution in [0.15, 0.2) is 58.5 Å². The Labute approximate surface area is 174 Å². The first-order chi connectivity index (χ1) is 13.9. The summed E-state index contributed by atoms with van der Waals surface area (Å²) < 4.78 is 1.83. The number of carbonyl (C=O) groups is 1. The van der Waals surface area contributed by atoms with E-state index in [1.807, 2.05) is 67.9 Å². The summed E-state index contributed by atoms with van der Waals surface area (Å²) >= 11 is 1.49. The van der Waals surface area contributed by atoms with E-state index in [0.717, 1.165) is 22.3 Å². The molecule has 0 unspecified atom stereocenters. The van der Waals surface area contributed by atoms with Crippen molar-refractivity contribution in [1.29, 1.82) is 0 Å². The lowest BCUT2D eigenvalue weighted by atomic mass is 9.84. The van der Waals surface area contributed by atoms with Gasteiger partial charge in [-0.05, 0) is 30.5 Å². The lowest BCUT2D eigenvalue weighted by Crippen LogP contribution is -2.33. The second kappa shape index (κ2) is 7.87. The second-order valence-electron chi connectivity index (χ2n) is 7.46. The number of amides is 1. The summed E-state index contributed by atoms with van der Waals surface area (Å²) in [5.74, 6) is 0.901. The molecule has 1 aliphatic rings. The van der Waals surface area contributed by atoms with E-state index in [1.54, 1.807) is 0 Å². The third-order valence-corrected chi connectivity index (χ3v) is 6.42. The van der Waals surface area contributed by atoms with Crippen molar-refractivity contribution >= 4 is 23.5 Å². The largest absolute Gasteiger partial charge is 0.312 e. The number of rotatable bonds is 4. The van der Waals surface area contributed by atoms with Crippen LogP contribution < -0.4 is 10.9 Å². The maximum atomic E-state index is 13.0. The van der Waals surface area contributed by atoms with Gasteiger partial charge in [-0.3, -0.25) is 9.59 Å². The molecule has 1 amide bonds. The van der Waals surface area contributed by atoms with E-state index in [4.69, 9.17) is 0 Å². The van der Waals surface area contributed by atoms with Crippen molar-refractivity contribution in [3.8, 4) is 0 Å². The van der Waals surface area contributed by atoms with Gasteiger partial charge in [0.05, 0.1) is 5.56 Å². The standard InChI is InChI=1S/C23H23N3O2S/c1-14-9-10-15(2)17(11-14)18-12-19(27)24-21-20(18)22(28)25-23(26(21)3)29-13-16-7-5-4-6-8-16/h4-11,18H,12-13H2,1-3H3,(H,24,27)/t18-/m0/s1. The van der Waals surface area contributed by atoms with E-state index < -0.39 is 0 Å². The number of hydrogen-bond donors (Lipinski definition) is 1. The summed E-state index contributed by atoms with van der Waals surface area (Å²) in [5, 5.41) is 3.51. The summed E-state index contributed by atoms with van der Waals surface area (Å²) in [7, 11) is 1.85. The van der Waals surface area contributed by atoms with Crippen LogP contribution in [0.1, 0.15) is 40.2 Å². The molecule has 0 spiro atoms. The fourth-order valence-corrected chi connectivity index (χ4v) is 4.71. The van der Waals surface area contributed by atoms with Crippen molar-refractivity contribution in [2.24, 2.45) is 7.05 Å². The number of fused-ring (bicyclic) bond motifs is 1. The Balaban J connectivity index is 1.76. The van der Waals surface area contributed by atoms with E-state index >= 15 is 0 Å². The molecule has 1 aromatic heterocycles. The monoisotopic (exact) mass is 405 g/mol. The van der Waals surface area contributed by atoms with Gasteiger partial charge in [-0.15, -0.1) is 0 Å². The highest BCUT2D eigenvalue weighted by Crippen LogP contribution is 2.37. The van der Waals surface area contributed by atoms with Gasteiger partial charge < -0.3 is 9.88 Å². The predicted molar refractivity (Wildman–Crippen MR) is 116 cm³/mol. The molecule has 148 valence electrons. The molecule has 1 aliphatic heterocycles. The van der Waals surface area contributed by atoms with Gasteiger partial charge in [-0.2, -0.15) is 4.98 Å². The number of aryl methyl sites for hydroxylation is 2. The third kappa shape index (κ3) is 3.85. The molecular formula is C23H23N3O2S. The topological polar surface area (TPSA) is 64.0 Å². The van der Waals surface area contributed by atoms with Crippen molar-refractivity contribution in [2.75, 3.05) is 5.32 Å². The molecule has 0 aliphatic carbocycles. The Morgan fingerprint density at radius 1 is 1.14 bits per heavy atom. The van der Waals surface area contributed by atoms with E-state index in [-0.39, 0.29) is 23.8 Å². The minimum absolute atomic E-state index is 0.0800. The molecule has 5 nitrogen and oxygen atoms in total. The molecule has 0 fully saturated rings. The van der Waals surface area contributed by atoms with E-state index in [0.29, 0.717) is 22.3 Å². The average molecular weight is 406 g/mol. The smallest absolute Gasteiger partial charge is 0.279 e. The van der Waals surface area contributed by atoms with Crippen LogP contribution in [0.2, 0.25) is 0 Å². The van der Waals surface area contributed by atoms with Gasteiger partial charge >= 0.3 is 0 Å². The maximum Gasteiger partial charge on any atom is 0.279 e. The molecule has 29 heavy (non-hydrogen) atoms. The Bertz CT molecular complexity index is 1140.